The highest BCUT2D eigenvalue weighted by molar-refractivity contribution is 5.86. The number of benzene rings is 2. The van der Waals surface area contributed by atoms with Gasteiger partial charge in [0.2, 0.25) is 0 Å². The van der Waals surface area contributed by atoms with Gasteiger partial charge in [0.1, 0.15) is 0 Å². The summed E-state index contributed by atoms with van der Waals surface area (Å²) in [4.78, 5) is 0. The molecule has 1 fully saturated rings. The molecular weight excluding hydrogens is 220 g/mol. The average molecular weight is 238 g/mol. The molecule has 0 N–H and O–H groups in total. The summed E-state index contributed by atoms with van der Waals surface area (Å²) >= 11 is 0. The molecule has 0 aliphatic carbocycles. The van der Waals surface area contributed by atoms with E-state index in [0.717, 1.165) is 19.3 Å². The molecule has 1 aliphatic heterocycles. The number of rotatable bonds is 3. The third-order valence-corrected chi connectivity index (χ3v) is 3.71. The van der Waals surface area contributed by atoms with Crippen molar-refractivity contribution in [2.75, 3.05) is 0 Å². The third kappa shape index (κ3) is 2.06. The van der Waals surface area contributed by atoms with Gasteiger partial charge in [-0.2, -0.15) is 0 Å². The number of ether oxygens (including phenoxy) is 1. The van der Waals surface area contributed by atoms with Crippen molar-refractivity contribution in [3.8, 4) is 0 Å². The van der Waals surface area contributed by atoms with Crippen molar-refractivity contribution in [1.29, 1.82) is 0 Å². The summed E-state index contributed by atoms with van der Waals surface area (Å²) < 4.78 is 6.12. The largest absolute Gasteiger partial charge is 0.370 e. The molecular formula is C17H18O. The third-order valence-electron chi connectivity index (χ3n) is 3.71. The summed E-state index contributed by atoms with van der Waals surface area (Å²) in [5, 5.41) is 2.62. The molecule has 0 aromatic heterocycles. The maximum Gasteiger partial charge on any atom is 0.0835 e. The van der Waals surface area contributed by atoms with E-state index >= 15 is 0 Å². The Hall–Kier alpha value is -1.60. The summed E-state index contributed by atoms with van der Waals surface area (Å²) in [6.07, 6.45) is 5.77. The second-order valence-corrected chi connectivity index (χ2v) is 4.92. The Bertz CT molecular complexity index is 553. The average Bonchev–Trinajstić information content (AvgIpc) is 2.87. The van der Waals surface area contributed by atoms with Crippen LogP contribution in [0.15, 0.2) is 55.1 Å². The second kappa shape index (κ2) is 4.95. The molecule has 1 heterocycles. The van der Waals surface area contributed by atoms with Crippen LogP contribution in [0.4, 0.5) is 0 Å². The Kier molecular flexibility index (Phi) is 3.16. The van der Waals surface area contributed by atoms with Gasteiger partial charge in [0.15, 0.2) is 0 Å². The van der Waals surface area contributed by atoms with Crippen LogP contribution in [0.25, 0.3) is 10.8 Å². The maximum absolute atomic E-state index is 6.12. The number of hydrogen-bond acceptors (Lipinski definition) is 1. The van der Waals surface area contributed by atoms with Gasteiger partial charge in [-0.3, -0.25) is 0 Å². The summed E-state index contributed by atoms with van der Waals surface area (Å²) in [7, 11) is 0. The highest BCUT2D eigenvalue weighted by Crippen LogP contribution is 2.37. The van der Waals surface area contributed by atoms with Crippen LogP contribution >= 0.6 is 0 Å². The minimum absolute atomic E-state index is 0.251. The molecule has 1 nitrogen and oxygen atoms in total. The van der Waals surface area contributed by atoms with Crippen molar-refractivity contribution in [3.05, 3.63) is 60.7 Å². The van der Waals surface area contributed by atoms with E-state index in [2.05, 4.69) is 49.0 Å². The zero-order chi connectivity index (χ0) is 12.4. The van der Waals surface area contributed by atoms with Crippen molar-refractivity contribution in [3.63, 3.8) is 0 Å². The van der Waals surface area contributed by atoms with E-state index in [1.807, 2.05) is 6.08 Å². The van der Waals surface area contributed by atoms with E-state index in [4.69, 9.17) is 4.74 Å². The molecule has 0 bridgehead atoms. The SMILES string of the molecule is C=CCC1CCC(c2cccc3ccccc23)O1. The van der Waals surface area contributed by atoms with Crippen molar-refractivity contribution in [1.82, 2.24) is 0 Å². The van der Waals surface area contributed by atoms with Gasteiger partial charge in [-0.25, -0.2) is 0 Å². The lowest BCUT2D eigenvalue weighted by Crippen LogP contribution is -2.05. The first-order valence-electron chi connectivity index (χ1n) is 6.62. The van der Waals surface area contributed by atoms with E-state index < -0.39 is 0 Å². The van der Waals surface area contributed by atoms with Crippen molar-refractivity contribution in [2.45, 2.75) is 31.5 Å². The quantitative estimate of drug-likeness (QED) is 0.708. The Balaban J connectivity index is 1.93. The molecule has 1 saturated heterocycles. The lowest BCUT2D eigenvalue weighted by atomic mass is 9.99. The van der Waals surface area contributed by atoms with Gasteiger partial charge in [0, 0.05) is 0 Å². The van der Waals surface area contributed by atoms with E-state index in [1.54, 1.807) is 0 Å². The molecule has 1 aliphatic rings. The summed E-state index contributed by atoms with van der Waals surface area (Å²) in [5.41, 5.74) is 1.33. The Morgan fingerprint density at radius 1 is 1.11 bits per heavy atom. The zero-order valence-electron chi connectivity index (χ0n) is 10.5. The summed E-state index contributed by atoms with van der Waals surface area (Å²) in [6, 6.07) is 15.0. The fourth-order valence-corrected chi connectivity index (χ4v) is 2.82. The number of hydrogen-bond donors (Lipinski definition) is 0. The summed E-state index contributed by atoms with van der Waals surface area (Å²) in [6.45, 7) is 3.79. The topological polar surface area (TPSA) is 9.23 Å². The first-order chi connectivity index (χ1) is 8.88. The molecule has 2 atom stereocenters. The van der Waals surface area contributed by atoms with Gasteiger partial charge in [0.05, 0.1) is 12.2 Å². The van der Waals surface area contributed by atoms with Gasteiger partial charge >= 0.3 is 0 Å². The van der Waals surface area contributed by atoms with E-state index in [1.165, 1.54) is 16.3 Å². The maximum atomic E-state index is 6.12. The first kappa shape index (κ1) is 11.5. The van der Waals surface area contributed by atoms with Crippen LogP contribution in [0, 0.1) is 0 Å². The predicted octanol–water partition coefficient (Wildman–Crippen LogP) is 4.64. The Morgan fingerprint density at radius 2 is 1.94 bits per heavy atom. The van der Waals surface area contributed by atoms with Gasteiger partial charge in [0.25, 0.3) is 0 Å². The standard InChI is InChI=1S/C17H18O/c1-2-6-14-11-12-17(18-14)16-10-5-8-13-7-3-4-9-15(13)16/h2-5,7-10,14,17H,1,6,11-12H2. The molecule has 3 rings (SSSR count). The zero-order valence-corrected chi connectivity index (χ0v) is 10.5. The van der Waals surface area contributed by atoms with Crippen LogP contribution in [0.5, 0.6) is 0 Å². The first-order valence-corrected chi connectivity index (χ1v) is 6.62. The molecule has 92 valence electrons. The van der Waals surface area contributed by atoms with E-state index in [0.29, 0.717) is 6.10 Å². The predicted molar refractivity (Wildman–Crippen MR) is 75.6 cm³/mol. The van der Waals surface area contributed by atoms with Crippen LogP contribution in [0.2, 0.25) is 0 Å². The van der Waals surface area contributed by atoms with Crippen LogP contribution in [0.1, 0.15) is 30.9 Å². The van der Waals surface area contributed by atoms with Crippen LogP contribution in [-0.2, 0) is 4.74 Å². The summed E-state index contributed by atoms with van der Waals surface area (Å²) in [5.74, 6) is 0. The van der Waals surface area contributed by atoms with Crippen molar-refractivity contribution < 1.29 is 4.74 Å². The molecule has 2 unspecified atom stereocenters. The Morgan fingerprint density at radius 3 is 2.83 bits per heavy atom. The van der Waals surface area contributed by atoms with Crippen LogP contribution in [-0.4, -0.2) is 6.10 Å². The van der Waals surface area contributed by atoms with E-state index in [9.17, 15) is 0 Å². The smallest absolute Gasteiger partial charge is 0.0835 e. The molecule has 0 radical (unpaired) electrons. The molecule has 18 heavy (non-hydrogen) atoms. The highest BCUT2D eigenvalue weighted by Gasteiger charge is 2.26. The fourth-order valence-electron chi connectivity index (χ4n) is 2.82. The van der Waals surface area contributed by atoms with Gasteiger partial charge in [-0.05, 0) is 35.6 Å². The highest BCUT2D eigenvalue weighted by atomic mass is 16.5. The molecule has 2 aromatic rings. The van der Waals surface area contributed by atoms with Gasteiger partial charge in [-0.15, -0.1) is 6.58 Å². The molecule has 2 aromatic carbocycles. The normalized spacial score (nSPS) is 23.3. The van der Waals surface area contributed by atoms with Crippen LogP contribution < -0.4 is 0 Å². The molecule has 1 heteroatoms. The van der Waals surface area contributed by atoms with Gasteiger partial charge in [-0.1, -0.05) is 48.5 Å². The van der Waals surface area contributed by atoms with Crippen LogP contribution in [0.3, 0.4) is 0 Å². The van der Waals surface area contributed by atoms with Crippen molar-refractivity contribution >= 4 is 10.8 Å². The second-order valence-electron chi connectivity index (χ2n) is 4.92. The fraction of sp³-hybridized carbons (Fsp3) is 0.294. The lowest BCUT2D eigenvalue weighted by molar-refractivity contribution is 0.0474. The monoisotopic (exact) mass is 238 g/mol. The lowest BCUT2D eigenvalue weighted by Gasteiger charge is -2.15. The minimum Gasteiger partial charge on any atom is -0.370 e. The Labute approximate surface area is 108 Å². The molecule has 0 saturated carbocycles. The number of fused-ring (bicyclic) bond motifs is 1. The molecule has 0 spiro atoms. The molecule has 0 amide bonds. The van der Waals surface area contributed by atoms with E-state index in [-0.39, 0.29) is 6.10 Å². The minimum atomic E-state index is 0.251. The van der Waals surface area contributed by atoms with Crippen molar-refractivity contribution in [2.24, 2.45) is 0 Å². The van der Waals surface area contributed by atoms with Gasteiger partial charge < -0.3 is 4.74 Å².